The molecule has 0 aliphatic heterocycles. The minimum Gasteiger partial charge on any atom is -0.337 e. The average Bonchev–Trinajstić information content (AvgIpc) is 2.88. The largest absolute Gasteiger partial charge is 0.337 e. The van der Waals surface area contributed by atoms with Gasteiger partial charge in [-0.25, -0.2) is 4.98 Å². The molecule has 1 aliphatic carbocycles. The Balaban J connectivity index is 1.73. The molecule has 0 radical (unpaired) electrons. The summed E-state index contributed by atoms with van der Waals surface area (Å²) in [5, 5.41) is 3.71. The summed E-state index contributed by atoms with van der Waals surface area (Å²) in [6, 6.07) is 0. The highest BCUT2D eigenvalue weighted by Gasteiger charge is 2.33. The van der Waals surface area contributed by atoms with E-state index >= 15 is 0 Å². The zero-order valence-electron chi connectivity index (χ0n) is 11.2. The maximum Gasteiger partial charge on any atom is 0.0945 e. The van der Waals surface area contributed by atoms with E-state index in [1.54, 1.807) is 0 Å². The lowest BCUT2D eigenvalue weighted by Crippen LogP contribution is -2.50. The molecule has 2 unspecified atom stereocenters. The molecule has 2 atom stereocenters. The van der Waals surface area contributed by atoms with E-state index in [9.17, 15) is 0 Å². The van der Waals surface area contributed by atoms with E-state index in [2.05, 4.69) is 21.8 Å². The Kier molecular flexibility index (Phi) is 5.07. The highest BCUT2D eigenvalue weighted by Crippen LogP contribution is 2.33. The summed E-state index contributed by atoms with van der Waals surface area (Å²) >= 11 is 6.20. The van der Waals surface area contributed by atoms with Gasteiger partial charge in [-0.3, -0.25) is 0 Å². The summed E-state index contributed by atoms with van der Waals surface area (Å²) < 4.78 is 2.12. The summed E-state index contributed by atoms with van der Waals surface area (Å²) in [5.41, 5.74) is 0.189. The van der Waals surface area contributed by atoms with Crippen molar-refractivity contribution in [2.75, 3.05) is 12.4 Å². The lowest BCUT2D eigenvalue weighted by molar-refractivity contribution is 0.208. The number of rotatable bonds is 6. The second kappa shape index (κ2) is 6.58. The van der Waals surface area contributed by atoms with Crippen LogP contribution in [-0.2, 0) is 6.54 Å². The molecule has 0 aromatic carbocycles. The third kappa shape index (κ3) is 3.72. The van der Waals surface area contributed by atoms with Crippen molar-refractivity contribution in [1.29, 1.82) is 0 Å². The van der Waals surface area contributed by atoms with E-state index in [1.807, 2.05) is 18.7 Å². The Morgan fingerprint density at radius 1 is 1.56 bits per heavy atom. The molecule has 18 heavy (non-hydrogen) atoms. The topological polar surface area (TPSA) is 29.9 Å². The maximum atomic E-state index is 6.20. The Morgan fingerprint density at radius 3 is 3.11 bits per heavy atom. The van der Waals surface area contributed by atoms with Crippen LogP contribution in [0, 0.1) is 5.92 Å². The van der Waals surface area contributed by atoms with E-state index < -0.39 is 0 Å². The van der Waals surface area contributed by atoms with Crippen molar-refractivity contribution < 1.29 is 0 Å². The Morgan fingerprint density at radius 2 is 2.44 bits per heavy atom. The van der Waals surface area contributed by atoms with Gasteiger partial charge in [-0.05, 0) is 31.7 Å². The van der Waals surface area contributed by atoms with Gasteiger partial charge < -0.3 is 9.88 Å². The van der Waals surface area contributed by atoms with Gasteiger partial charge in [0.1, 0.15) is 0 Å². The molecule has 1 fully saturated rings. The first-order valence-electron chi connectivity index (χ1n) is 7.01. The summed E-state index contributed by atoms with van der Waals surface area (Å²) in [4.78, 5) is 4.05. The molecule has 102 valence electrons. The number of nitrogens with zero attached hydrogens (tertiary/aromatic N) is 2. The SMILES string of the molecule is CC1CCCC(CCl)(NCCCn2ccnc2)C1. The van der Waals surface area contributed by atoms with Crippen molar-refractivity contribution in [2.45, 2.75) is 51.1 Å². The van der Waals surface area contributed by atoms with Crippen LogP contribution in [0.25, 0.3) is 0 Å². The number of aromatic nitrogens is 2. The summed E-state index contributed by atoms with van der Waals surface area (Å²) in [5.74, 6) is 1.54. The highest BCUT2D eigenvalue weighted by atomic mass is 35.5. The molecular weight excluding hydrogens is 246 g/mol. The van der Waals surface area contributed by atoms with Crippen molar-refractivity contribution in [1.82, 2.24) is 14.9 Å². The molecule has 0 amide bonds. The fourth-order valence-corrected chi connectivity index (χ4v) is 3.36. The molecular formula is C14H24ClN3. The van der Waals surface area contributed by atoms with E-state index in [-0.39, 0.29) is 5.54 Å². The van der Waals surface area contributed by atoms with Crippen molar-refractivity contribution >= 4 is 11.6 Å². The molecule has 0 bridgehead atoms. The molecule has 1 saturated carbocycles. The number of nitrogens with one attached hydrogen (secondary N) is 1. The van der Waals surface area contributed by atoms with Crippen LogP contribution in [-0.4, -0.2) is 27.5 Å². The number of alkyl halides is 1. The average molecular weight is 270 g/mol. The Bertz CT molecular complexity index is 339. The van der Waals surface area contributed by atoms with Crippen molar-refractivity contribution in [2.24, 2.45) is 5.92 Å². The fraction of sp³-hybridized carbons (Fsp3) is 0.786. The van der Waals surface area contributed by atoms with Crippen molar-refractivity contribution in [3.05, 3.63) is 18.7 Å². The molecule has 0 spiro atoms. The normalized spacial score (nSPS) is 28.4. The molecule has 1 heterocycles. The summed E-state index contributed by atoms with van der Waals surface area (Å²) in [6.45, 7) is 4.41. The lowest BCUT2D eigenvalue weighted by Gasteiger charge is -2.39. The van der Waals surface area contributed by atoms with E-state index in [1.165, 1.54) is 25.7 Å². The number of aryl methyl sites for hydroxylation is 1. The maximum absolute atomic E-state index is 6.20. The minimum atomic E-state index is 0.189. The van der Waals surface area contributed by atoms with Gasteiger partial charge in [0.05, 0.1) is 6.33 Å². The number of hydrogen-bond acceptors (Lipinski definition) is 2. The van der Waals surface area contributed by atoms with E-state index in [0.29, 0.717) is 0 Å². The second-order valence-electron chi connectivity index (χ2n) is 5.70. The van der Waals surface area contributed by atoms with Gasteiger partial charge in [0.15, 0.2) is 0 Å². The number of imidazole rings is 1. The van der Waals surface area contributed by atoms with Crippen molar-refractivity contribution in [3.8, 4) is 0 Å². The third-order valence-electron chi connectivity index (χ3n) is 4.00. The number of hydrogen-bond donors (Lipinski definition) is 1. The van der Waals surface area contributed by atoms with Crippen LogP contribution in [0.1, 0.15) is 39.0 Å². The molecule has 1 aromatic heterocycles. The zero-order valence-corrected chi connectivity index (χ0v) is 12.0. The highest BCUT2D eigenvalue weighted by molar-refractivity contribution is 6.18. The van der Waals surface area contributed by atoms with Crippen LogP contribution < -0.4 is 5.32 Å². The first-order valence-corrected chi connectivity index (χ1v) is 7.54. The van der Waals surface area contributed by atoms with Crippen LogP contribution in [0.4, 0.5) is 0 Å². The standard InChI is InChI=1S/C14H24ClN3/c1-13-4-2-5-14(10-13,11-15)17-6-3-8-18-9-7-16-12-18/h7,9,12-13,17H,2-6,8,10-11H2,1H3. The van der Waals surface area contributed by atoms with Crippen LogP contribution in [0.15, 0.2) is 18.7 Å². The summed E-state index contributed by atoms with van der Waals surface area (Å²) in [7, 11) is 0. The Labute approximate surface area is 115 Å². The van der Waals surface area contributed by atoms with Gasteiger partial charge in [0, 0.05) is 30.4 Å². The van der Waals surface area contributed by atoms with Crippen LogP contribution in [0.2, 0.25) is 0 Å². The van der Waals surface area contributed by atoms with Gasteiger partial charge in [-0.1, -0.05) is 19.8 Å². The fourth-order valence-electron chi connectivity index (χ4n) is 3.02. The summed E-state index contributed by atoms with van der Waals surface area (Å²) in [6.07, 6.45) is 12.0. The first-order chi connectivity index (χ1) is 8.74. The van der Waals surface area contributed by atoms with Gasteiger partial charge >= 0.3 is 0 Å². The predicted octanol–water partition coefficient (Wildman–Crippen LogP) is 3.05. The van der Waals surface area contributed by atoms with Gasteiger partial charge in [0.2, 0.25) is 0 Å². The minimum absolute atomic E-state index is 0.189. The molecule has 0 saturated heterocycles. The van der Waals surface area contributed by atoms with Gasteiger partial charge in [-0.15, -0.1) is 11.6 Å². The monoisotopic (exact) mass is 269 g/mol. The molecule has 1 aromatic rings. The van der Waals surface area contributed by atoms with Gasteiger partial charge in [-0.2, -0.15) is 0 Å². The third-order valence-corrected chi connectivity index (χ3v) is 4.51. The number of halogens is 1. The zero-order chi connectivity index (χ0) is 12.8. The molecule has 1 N–H and O–H groups in total. The molecule has 4 heteroatoms. The molecule has 3 nitrogen and oxygen atoms in total. The van der Waals surface area contributed by atoms with Gasteiger partial charge in [0.25, 0.3) is 0 Å². The Hall–Kier alpha value is -0.540. The predicted molar refractivity (Wildman–Crippen MR) is 75.9 cm³/mol. The smallest absolute Gasteiger partial charge is 0.0945 e. The van der Waals surface area contributed by atoms with Crippen molar-refractivity contribution in [3.63, 3.8) is 0 Å². The quantitative estimate of drug-likeness (QED) is 0.635. The molecule has 1 aliphatic rings. The first kappa shape index (κ1) is 13.9. The van der Waals surface area contributed by atoms with Crippen LogP contribution >= 0.6 is 11.6 Å². The molecule has 2 rings (SSSR count). The van der Waals surface area contributed by atoms with E-state index in [4.69, 9.17) is 11.6 Å². The van der Waals surface area contributed by atoms with Crippen LogP contribution in [0.3, 0.4) is 0 Å². The van der Waals surface area contributed by atoms with Crippen LogP contribution in [0.5, 0.6) is 0 Å². The van der Waals surface area contributed by atoms with E-state index in [0.717, 1.165) is 31.3 Å². The lowest BCUT2D eigenvalue weighted by atomic mass is 9.77. The second-order valence-corrected chi connectivity index (χ2v) is 5.96.